The van der Waals surface area contributed by atoms with E-state index in [1.807, 2.05) is 0 Å². The van der Waals surface area contributed by atoms with Crippen molar-refractivity contribution in [2.75, 3.05) is 14.2 Å². The van der Waals surface area contributed by atoms with Gasteiger partial charge in [0.15, 0.2) is 0 Å². The number of carbonyl (C=O) groups is 1. The molecule has 0 radical (unpaired) electrons. The van der Waals surface area contributed by atoms with E-state index in [-0.39, 0.29) is 5.91 Å². The van der Waals surface area contributed by atoms with Gasteiger partial charge in [-0.2, -0.15) is 0 Å². The molecule has 0 amide bonds. The number of ether oxygens (including phenoxy) is 2. The van der Waals surface area contributed by atoms with Gasteiger partial charge in [-0.05, 0) is 23.8 Å². The maximum absolute atomic E-state index is 12.5. The monoisotopic (exact) mass is 260 g/mol. The van der Waals surface area contributed by atoms with Gasteiger partial charge in [0.05, 0.1) is 14.2 Å². The molecule has 1 aromatic heterocycles. The van der Waals surface area contributed by atoms with E-state index in [9.17, 15) is 4.79 Å². The van der Waals surface area contributed by atoms with Crippen molar-refractivity contribution >= 4 is 5.91 Å². The van der Waals surface area contributed by atoms with E-state index in [1.165, 1.54) is 18.8 Å². The van der Waals surface area contributed by atoms with Crippen LogP contribution in [-0.2, 0) is 6.54 Å². The normalized spacial score (nSPS) is 10.3. The summed E-state index contributed by atoms with van der Waals surface area (Å²) in [6.45, 7) is 0.392. The number of hydrogen-bond donors (Lipinski definition) is 1. The molecule has 0 atom stereocenters. The first-order chi connectivity index (χ1) is 9.21. The van der Waals surface area contributed by atoms with Crippen LogP contribution in [0.15, 0.2) is 36.7 Å². The predicted molar refractivity (Wildman–Crippen MR) is 71.6 cm³/mol. The molecule has 2 aromatic rings. The Morgan fingerprint density at radius 2 is 1.84 bits per heavy atom. The predicted octanol–water partition coefficient (Wildman–Crippen LogP) is 1.65. The van der Waals surface area contributed by atoms with Crippen molar-refractivity contribution in [3.63, 3.8) is 0 Å². The van der Waals surface area contributed by atoms with Crippen LogP contribution in [0.5, 0.6) is 11.5 Å². The number of methoxy groups -OCH3 is 2. The van der Waals surface area contributed by atoms with E-state index in [0.717, 1.165) is 5.56 Å². The Hall–Kier alpha value is -2.27. The fourth-order valence-electron chi connectivity index (χ4n) is 1.88. The van der Waals surface area contributed by atoms with Gasteiger partial charge in [-0.15, -0.1) is 0 Å². The highest BCUT2D eigenvalue weighted by Crippen LogP contribution is 2.29. The first-order valence-corrected chi connectivity index (χ1v) is 5.84. The molecule has 0 aliphatic carbocycles. The molecule has 1 aromatic carbocycles. The zero-order valence-electron chi connectivity index (χ0n) is 10.9. The van der Waals surface area contributed by atoms with Gasteiger partial charge in [-0.25, -0.2) is 0 Å². The highest BCUT2D eigenvalue weighted by molar-refractivity contribution is 6.01. The van der Waals surface area contributed by atoms with E-state index >= 15 is 0 Å². The maximum atomic E-state index is 12.5. The van der Waals surface area contributed by atoms with Gasteiger partial charge in [0.1, 0.15) is 17.1 Å². The van der Waals surface area contributed by atoms with E-state index in [2.05, 4.69) is 0 Å². The Balaban J connectivity index is 2.48. The molecule has 19 heavy (non-hydrogen) atoms. The van der Waals surface area contributed by atoms with Crippen molar-refractivity contribution in [1.29, 1.82) is 0 Å². The van der Waals surface area contributed by atoms with Crippen LogP contribution in [0.4, 0.5) is 0 Å². The topological polar surface area (TPSA) is 66.5 Å². The largest absolute Gasteiger partial charge is 0.496 e. The highest BCUT2D eigenvalue weighted by Gasteiger charge is 2.19. The minimum Gasteiger partial charge on any atom is -0.496 e. The zero-order valence-corrected chi connectivity index (χ0v) is 10.9. The number of benzene rings is 1. The summed E-state index contributed by atoms with van der Waals surface area (Å²) in [5, 5.41) is 0. The molecule has 0 aliphatic rings. The van der Waals surface area contributed by atoms with E-state index in [4.69, 9.17) is 15.2 Å². The SMILES string of the molecule is COc1cccc(OC)c1C(=O)n1ccc(CN)c1. The van der Waals surface area contributed by atoms with Crippen LogP contribution in [0.25, 0.3) is 0 Å². The van der Waals surface area contributed by atoms with Gasteiger partial charge in [0, 0.05) is 18.9 Å². The first-order valence-electron chi connectivity index (χ1n) is 5.84. The maximum Gasteiger partial charge on any atom is 0.269 e. The fourth-order valence-corrected chi connectivity index (χ4v) is 1.88. The van der Waals surface area contributed by atoms with Crippen molar-refractivity contribution in [2.24, 2.45) is 5.73 Å². The van der Waals surface area contributed by atoms with Crippen molar-refractivity contribution in [2.45, 2.75) is 6.54 Å². The number of aromatic nitrogens is 1. The third kappa shape index (κ3) is 2.46. The lowest BCUT2D eigenvalue weighted by molar-refractivity contribution is 0.0954. The molecule has 0 aliphatic heterocycles. The van der Waals surface area contributed by atoms with Crippen LogP contribution in [0.1, 0.15) is 15.9 Å². The molecule has 2 N–H and O–H groups in total. The van der Waals surface area contributed by atoms with E-state index < -0.39 is 0 Å². The van der Waals surface area contributed by atoms with Crippen LogP contribution >= 0.6 is 0 Å². The zero-order chi connectivity index (χ0) is 13.8. The third-order valence-electron chi connectivity index (χ3n) is 2.87. The minimum absolute atomic E-state index is 0.214. The second kappa shape index (κ2) is 5.58. The molecular weight excluding hydrogens is 244 g/mol. The average molecular weight is 260 g/mol. The second-order valence-electron chi connectivity index (χ2n) is 3.97. The quantitative estimate of drug-likeness (QED) is 0.907. The summed E-state index contributed by atoms with van der Waals surface area (Å²) >= 11 is 0. The lowest BCUT2D eigenvalue weighted by Crippen LogP contribution is -2.13. The molecule has 5 heteroatoms. The molecule has 2 rings (SSSR count). The summed E-state index contributed by atoms with van der Waals surface area (Å²) in [6.07, 6.45) is 3.38. The molecule has 0 saturated carbocycles. The third-order valence-corrected chi connectivity index (χ3v) is 2.87. The number of hydrogen-bond acceptors (Lipinski definition) is 4. The van der Waals surface area contributed by atoms with E-state index in [0.29, 0.717) is 23.6 Å². The van der Waals surface area contributed by atoms with Gasteiger partial charge in [0.25, 0.3) is 5.91 Å². The summed E-state index contributed by atoms with van der Waals surface area (Å²) in [5.41, 5.74) is 6.83. The molecule has 100 valence electrons. The standard InChI is InChI=1S/C14H16N2O3/c1-18-11-4-3-5-12(19-2)13(11)14(17)16-7-6-10(8-15)9-16/h3-7,9H,8,15H2,1-2H3. The number of rotatable bonds is 4. The molecule has 0 spiro atoms. The van der Waals surface area contributed by atoms with Gasteiger partial charge in [-0.3, -0.25) is 9.36 Å². The smallest absolute Gasteiger partial charge is 0.269 e. The van der Waals surface area contributed by atoms with Crippen LogP contribution in [0.3, 0.4) is 0 Å². The Kier molecular flexibility index (Phi) is 3.87. The molecule has 0 unspecified atom stereocenters. The second-order valence-corrected chi connectivity index (χ2v) is 3.97. The summed E-state index contributed by atoms with van der Waals surface area (Å²) in [6, 6.07) is 7.03. The van der Waals surface area contributed by atoms with Gasteiger partial charge >= 0.3 is 0 Å². The Bertz CT molecular complexity index is 568. The minimum atomic E-state index is -0.214. The van der Waals surface area contributed by atoms with Crippen LogP contribution in [0, 0.1) is 0 Å². The summed E-state index contributed by atoms with van der Waals surface area (Å²) in [7, 11) is 3.04. The molecule has 0 saturated heterocycles. The number of nitrogens with zero attached hydrogens (tertiary/aromatic N) is 1. The fraction of sp³-hybridized carbons (Fsp3) is 0.214. The lowest BCUT2D eigenvalue weighted by atomic mass is 10.1. The average Bonchev–Trinajstić information content (AvgIpc) is 2.94. The molecule has 5 nitrogen and oxygen atoms in total. The van der Waals surface area contributed by atoms with Crippen LogP contribution in [-0.4, -0.2) is 24.7 Å². The summed E-state index contributed by atoms with van der Waals surface area (Å²) in [5.74, 6) is 0.744. The van der Waals surface area contributed by atoms with Gasteiger partial charge in [-0.1, -0.05) is 6.07 Å². The molecule has 1 heterocycles. The number of carbonyl (C=O) groups excluding carboxylic acids is 1. The van der Waals surface area contributed by atoms with Gasteiger partial charge < -0.3 is 15.2 Å². The number of nitrogens with two attached hydrogens (primary N) is 1. The Labute approximate surface area is 111 Å². The van der Waals surface area contributed by atoms with Crippen LogP contribution < -0.4 is 15.2 Å². The van der Waals surface area contributed by atoms with Crippen molar-refractivity contribution in [3.8, 4) is 11.5 Å². The molecular formula is C14H16N2O3. The van der Waals surface area contributed by atoms with Crippen molar-refractivity contribution in [3.05, 3.63) is 47.8 Å². The first kappa shape index (κ1) is 13.2. The van der Waals surface area contributed by atoms with E-state index in [1.54, 1.807) is 36.7 Å². The summed E-state index contributed by atoms with van der Waals surface area (Å²) < 4.78 is 11.9. The summed E-state index contributed by atoms with van der Waals surface area (Å²) in [4.78, 5) is 12.5. The highest BCUT2D eigenvalue weighted by atomic mass is 16.5. The van der Waals surface area contributed by atoms with Crippen molar-refractivity contribution < 1.29 is 14.3 Å². The molecule has 0 fully saturated rings. The van der Waals surface area contributed by atoms with Crippen LogP contribution in [0.2, 0.25) is 0 Å². The van der Waals surface area contributed by atoms with Gasteiger partial charge in [0.2, 0.25) is 0 Å². The Morgan fingerprint density at radius 3 is 2.32 bits per heavy atom. The van der Waals surface area contributed by atoms with Crippen molar-refractivity contribution in [1.82, 2.24) is 4.57 Å². The lowest BCUT2D eigenvalue weighted by Gasteiger charge is -2.12. The molecule has 0 bridgehead atoms. The Morgan fingerprint density at radius 1 is 1.21 bits per heavy atom.